The second kappa shape index (κ2) is 7.94. The SMILES string of the molecule is COc1ccc(OC)c(N2C(=O)c3cccnc3[C@H]2Nc2cc(C)ccc2OC)c1. The molecule has 1 atom stereocenters. The molecule has 0 aliphatic carbocycles. The number of aromatic nitrogens is 1. The van der Waals surface area contributed by atoms with Gasteiger partial charge in [0, 0.05) is 12.3 Å². The molecule has 1 N–H and O–H groups in total. The molecule has 154 valence electrons. The number of pyridine rings is 1. The lowest BCUT2D eigenvalue weighted by Gasteiger charge is -2.28. The third-order valence-corrected chi connectivity index (χ3v) is 5.10. The molecule has 2 heterocycles. The van der Waals surface area contributed by atoms with Crippen LogP contribution in [0.25, 0.3) is 0 Å². The van der Waals surface area contributed by atoms with Crippen LogP contribution in [0.1, 0.15) is 27.8 Å². The van der Waals surface area contributed by atoms with Gasteiger partial charge in [0.15, 0.2) is 6.17 Å². The summed E-state index contributed by atoms with van der Waals surface area (Å²) in [6, 6.07) is 14.7. The molecule has 0 unspecified atom stereocenters. The number of carbonyl (C=O) groups excluding carboxylic acids is 1. The fraction of sp³-hybridized carbons (Fsp3) is 0.217. The highest BCUT2D eigenvalue weighted by Crippen LogP contribution is 2.43. The summed E-state index contributed by atoms with van der Waals surface area (Å²) in [5.74, 6) is 1.68. The van der Waals surface area contributed by atoms with Crippen molar-refractivity contribution in [2.75, 3.05) is 31.5 Å². The molecule has 7 heteroatoms. The highest BCUT2D eigenvalue weighted by Gasteiger charge is 2.40. The third-order valence-electron chi connectivity index (χ3n) is 5.10. The van der Waals surface area contributed by atoms with Gasteiger partial charge in [0.25, 0.3) is 5.91 Å². The lowest BCUT2D eigenvalue weighted by atomic mass is 10.1. The van der Waals surface area contributed by atoms with Gasteiger partial charge in [0.05, 0.1) is 44.0 Å². The Balaban J connectivity index is 1.86. The Bertz CT molecular complexity index is 1100. The van der Waals surface area contributed by atoms with Crippen molar-refractivity contribution >= 4 is 17.3 Å². The Morgan fingerprint density at radius 1 is 0.967 bits per heavy atom. The number of aryl methyl sites for hydroxylation is 1. The lowest BCUT2D eigenvalue weighted by molar-refractivity contribution is 0.0992. The molecule has 1 aliphatic heterocycles. The summed E-state index contributed by atoms with van der Waals surface area (Å²) >= 11 is 0. The zero-order valence-electron chi connectivity index (χ0n) is 17.3. The van der Waals surface area contributed by atoms with Crippen LogP contribution in [0.2, 0.25) is 0 Å². The van der Waals surface area contributed by atoms with Gasteiger partial charge in [-0.25, -0.2) is 0 Å². The van der Waals surface area contributed by atoms with Crippen LogP contribution in [0, 0.1) is 6.92 Å². The Morgan fingerprint density at radius 2 is 1.73 bits per heavy atom. The molecule has 1 amide bonds. The number of fused-ring (bicyclic) bond motifs is 1. The molecule has 1 aromatic heterocycles. The van der Waals surface area contributed by atoms with Crippen molar-refractivity contribution in [2.24, 2.45) is 0 Å². The maximum absolute atomic E-state index is 13.4. The van der Waals surface area contributed by atoms with Gasteiger partial charge < -0.3 is 19.5 Å². The van der Waals surface area contributed by atoms with Gasteiger partial charge in [0.2, 0.25) is 0 Å². The topological polar surface area (TPSA) is 72.9 Å². The van der Waals surface area contributed by atoms with E-state index in [-0.39, 0.29) is 5.91 Å². The molecule has 0 saturated carbocycles. The van der Waals surface area contributed by atoms with Crippen LogP contribution < -0.4 is 24.4 Å². The molecule has 0 spiro atoms. The van der Waals surface area contributed by atoms with Crippen molar-refractivity contribution in [1.29, 1.82) is 0 Å². The highest BCUT2D eigenvalue weighted by molar-refractivity contribution is 6.11. The first-order chi connectivity index (χ1) is 14.6. The standard InChI is InChI=1S/C23H23N3O4/c1-14-7-9-19(29-3)17(12-14)25-22-21-16(6-5-11-24-21)23(27)26(22)18-13-15(28-2)8-10-20(18)30-4/h5-13,22,25H,1-4H3/t22-/m0/s1. The fourth-order valence-corrected chi connectivity index (χ4v) is 3.63. The summed E-state index contributed by atoms with van der Waals surface area (Å²) in [5.41, 5.74) is 3.58. The van der Waals surface area contributed by atoms with Crippen LogP contribution in [-0.4, -0.2) is 32.2 Å². The summed E-state index contributed by atoms with van der Waals surface area (Å²) in [7, 11) is 4.77. The summed E-state index contributed by atoms with van der Waals surface area (Å²) in [4.78, 5) is 19.5. The third kappa shape index (κ3) is 3.28. The number of rotatable bonds is 6. The van der Waals surface area contributed by atoms with E-state index in [1.165, 1.54) is 0 Å². The number of hydrogen-bond donors (Lipinski definition) is 1. The van der Waals surface area contributed by atoms with Crippen molar-refractivity contribution in [3.8, 4) is 17.2 Å². The van der Waals surface area contributed by atoms with Crippen LogP contribution in [-0.2, 0) is 0 Å². The van der Waals surface area contributed by atoms with E-state index in [0.29, 0.717) is 34.2 Å². The minimum Gasteiger partial charge on any atom is -0.497 e. The van der Waals surface area contributed by atoms with Crippen molar-refractivity contribution in [3.05, 3.63) is 71.5 Å². The molecule has 0 fully saturated rings. The monoisotopic (exact) mass is 405 g/mol. The van der Waals surface area contributed by atoms with E-state index in [1.807, 2.05) is 25.1 Å². The second-order valence-electron chi connectivity index (χ2n) is 6.90. The van der Waals surface area contributed by atoms with E-state index in [9.17, 15) is 4.79 Å². The quantitative estimate of drug-likeness (QED) is 0.663. The maximum Gasteiger partial charge on any atom is 0.262 e. The Labute approximate surface area is 175 Å². The Hall–Kier alpha value is -3.74. The molecular weight excluding hydrogens is 382 g/mol. The van der Waals surface area contributed by atoms with Crippen molar-refractivity contribution in [3.63, 3.8) is 0 Å². The number of nitrogens with zero attached hydrogens (tertiary/aromatic N) is 2. The van der Waals surface area contributed by atoms with Crippen LogP contribution in [0.5, 0.6) is 17.2 Å². The molecule has 30 heavy (non-hydrogen) atoms. The summed E-state index contributed by atoms with van der Waals surface area (Å²) < 4.78 is 16.4. The average molecular weight is 405 g/mol. The minimum atomic E-state index is -0.551. The van der Waals surface area contributed by atoms with E-state index in [1.54, 1.807) is 62.8 Å². The number of carbonyl (C=O) groups is 1. The van der Waals surface area contributed by atoms with Crippen molar-refractivity contribution < 1.29 is 19.0 Å². The van der Waals surface area contributed by atoms with E-state index < -0.39 is 6.17 Å². The van der Waals surface area contributed by atoms with Crippen LogP contribution in [0.3, 0.4) is 0 Å². The number of amides is 1. The predicted molar refractivity (Wildman–Crippen MR) is 115 cm³/mol. The lowest BCUT2D eigenvalue weighted by Crippen LogP contribution is -2.33. The molecular formula is C23H23N3O4. The smallest absolute Gasteiger partial charge is 0.262 e. The van der Waals surface area contributed by atoms with Gasteiger partial charge in [0.1, 0.15) is 17.2 Å². The highest BCUT2D eigenvalue weighted by atomic mass is 16.5. The summed E-state index contributed by atoms with van der Waals surface area (Å²) in [6.07, 6.45) is 1.13. The summed E-state index contributed by atoms with van der Waals surface area (Å²) in [6.45, 7) is 2.00. The molecule has 3 aromatic rings. The number of ether oxygens (including phenoxy) is 3. The zero-order chi connectivity index (χ0) is 21.3. The Kier molecular flexibility index (Phi) is 5.18. The van der Waals surface area contributed by atoms with Crippen LogP contribution >= 0.6 is 0 Å². The molecule has 0 bridgehead atoms. The van der Waals surface area contributed by atoms with Crippen molar-refractivity contribution in [1.82, 2.24) is 4.98 Å². The fourth-order valence-electron chi connectivity index (χ4n) is 3.63. The van der Waals surface area contributed by atoms with Gasteiger partial charge in [-0.15, -0.1) is 0 Å². The largest absolute Gasteiger partial charge is 0.497 e. The van der Waals surface area contributed by atoms with Gasteiger partial charge in [-0.2, -0.15) is 0 Å². The maximum atomic E-state index is 13.4. The average Bonchev–Trinajstić information content (AvgIpc) is 3.05. The number of benzene rings is 2. The van der Waals surface area contributed by atoms with Crippen LogP contribution in [0.15, 0.2) is 54.7 Å². The van der Waals surface area contributed by atoms with Crippen molar-refractivity contribution in [2.45, 2.75) is 13.1 Å². The number of nitrogens with one attached hydrogen (secondary N) is 1. The molecule has 1 aliphatic rings. The molecule has 7 nitrogen and oxygen atoms in total. The minimum absolute atomic E-state index is 0.172. The molecule has 0 radical (unpaired) electrons. The van der Waals surface area contributed by atoms with Gasteiger partial charge in [-0.3, -0.25) is 14.7 Å². The number of anilines is 2. The van der Waals surface area contributed by atoms with Crippen LogP contribution in [0.4, 0.5) is 11.4 Å². The molecule has 0 saturated heterocycles. The number of hydrogen-bond acceptors (Lipinski definition) is 6. The first kappa shape index (κ1) is 19.6. The first-order valence-corrected chi connectivity index (χ1v) is 9.49. The van der Waals surface area contributed by atoms with E-state index in [2.05, 4.69) is 10.3 Å². The summed E-state index contributed by atoms with van der Waals surface area (Å²) in [5, 5.41) is 3.45. The van der Waals surface area contributed by atoms with Gasteiger partial charge in [-0.1, -0.05) is 6.07 Å². The van der Waals surface area contributed by atoms with E-state index in [0.717, 1.165) is 11.3 Å². The first-order valence-electron chi connectivity index (χ1n) is 9.49. The second-order valence-corrected chi connectivity index (χ2v) is 6.90. The zero-order valence-corrected chi connectivity index (χ0v) is 17.3. The number of methoxy groups -OCH3 is 3. The van der Waals surface area contributed by atoms with Gasteiger partial charge >= 0.3 is 0 Å². The van der Waals surface area contributed by atoms with Gasteiger partial charge in [-0.05, 0) is 48.9 Å². The van der Waals surface area contributed by atoms with E-state index in [4.69, 9.17) is 14.2 Å². The molecule has 2 aromatic carbocycles. The molecule has 4 rings (SSSR count). The Morgan fingerprint density at radius 3 is 2.47 bits per heavy atom. The normalized spacial score (nSPS) is 15.0. The predicted octanol–water partition coefficient (Wildman–Crippen LogP) is 4.19. The van der Waals surface area contributed by atoms with E-state index >= 15 is 0 Å².